The van der Waals surface area contributed by atoms with Crippen molar-refractivity contribution in [2.45, 2.75) is 13.0 Å². The highest BCUT2D eigenvalue weighted by atomic mass is 16.3. The quantitative estimate of drug-likeness (QED) is 0.706. The lowest BCUT2D eigenvalue weighted by molar-refractivity contribution is 0.582. The van der Waals surface area contributed by atoms with Gasteiger partial charge in [-0.05, 0) is 36.8 Å². The monoisotopic (exact) mass is 263 g/mol. The third kappa shape index (κ3) is 2.59. The molecule has 1 heterocycles. The van der Waals surface area contributed by atoms with E-state index in [9.17, 15) is 0 Å². The number of para-hydroxylation sites is 1. The molecule has 1 aromatic heterocycles. The summed E-state index contributed by atoms with van der Waals surface area (Å²) in [5.74, 6) is 0.883. The van der Waals surface area contributed by atoms with Gasteiger partial charge in [0.1, 0.15) is 5.76 Å². The van der Waals surface area contributed by atoms with Crippen LogP contribution < -0.4 is 5.32 Å². The molecule has 100 valence electrons. The molecule has 2 nitrogen and oxygen atoms in total. The second-order valence-corrected chi connectivity index (χ2v) is 4.80. The summed E-state index contributed by atoms with van der Waals surface area (Å²) < 4.78 is 5.51. The number of furan rings is 1. The number of nitrogens with one attached hydrogen (secondary N) is 1. The van der Waals surface area contributed by atoms with E-state index in [0.717, 1.165) is 17.0 Å². The first kappa shape index (κ1) is 12.5. The molecule has 1 atom stereocenters. The zero-order valence-electron chi connectivity index (χ0n) is 11.4. The van der Waals surface area contributed by atoms with Gasteiger partial charge < -0.3 is 9.73 Å². The van der Waals surface area contributed by atoms with E-state index in [2.05, 4.69) is 48.6 Å². The maximum absolute atomic E-state index is 5.51. The lowest BCUT2D eigenvalue weighted by Crippen LogP contribution is -2.07. The molecule has 0 aliphatic rings. The summed E-state index contributed by atoms with van der Waals surface area (Å²) in [5.41, 5.74) is 3.43. The highest BCUT2D eigenvalue weighted by molar-refractivity contribution is 5.74. The molecule has 0 saturated carbocycles. The standard InChI is InChI=1S/C18H17NO/c1-14(15-8-3-2-4-9-15)19-17-11-6-5-10-16(17)18-12-7-13-20-18/h2-14,19H,1H3. The lowest BCUT2D eigenvalue weighted by atomic mass is 10.1. The van der Waals surface area contributed by atoms with Gasteiger partial charge in [-0.25, -0.2) is 0 Å². The van der Waals surface area contributed by atoms with E-state index in [1.807, 2.05) is 30.3 Å². The first-order valence-electron chi connectivity index (χ1n) is 6.79. The van der Waals surface area contributed by atoms with Crippen LogP contribution in [0, 0.1) is 0 Å². The first-order valence-corrected chi connectivity index (χ1v) is 6.79. The number of hydrogen-bond acceptors (Lipinski definition) is 2. The van der Waals surface area contributed by atoms with Gasteiger partial charge in [0.25, 0.3) is 0 Å². The number of benzene rings is 2. The third-order valence-electron chi connectivity index (χ3n) is 3.39. The minimum atomic E-state index is 0.243. The molecule has 0 aliphatic heterocycles. The fraction of sp³-hybridized carbons (Fsp3) is 0.111. The van der Waals surface area contributed by atoms with Gasteiger partial charge in [0.05, 0.1) is 6.26 Å². The average Bonchev–Trinajstić information content (AvgIpc) is 3.03. The summed E-state index contributed by atoms with van der Waals surface area (Å²) in [6.45, 7) is 2.16. The predicted molar refractivity (Wildman–Crippen MR) is 82.6 cm³/mol. The summed E-state index contributed by atoms with van der Waals surface area (Å²) in [7, 11) is 0. The maximum Gasteiger partial charge on any atom is 0.135 e. The summed E-state index contributed by atoms with van der Waals surface area (Å²) >= 11 is 0. The van der Waals surface area contributed by atoms with Crippen LogP contribution in [0.3, 0.4) is 0 Å². The molecule has 0 aliphatic carbocycles. The van der Waals surface area contributed by atoms with E-state index in [1.54, 1.807) is 6.26 Å². The van der Waals surface area contributed by atoms with Gasteiger partial charge in [-0.2, -0.15) is 0 Å². The van der Waals surface area contributed by atoms with Gasteiger partial charge in [-0.1, -0.05) is 42.5 Å². The van der Waals surface area contributed by atoms with Crippen molar-refractivity contribution in [2.75, 3.05) is 5.32 Å². The molecule has 2 heteroatoms. The Morgan fingerprint density at radius 1 is 0.850 bits per heavy atom. The van der Waals surface area contributed by atoms with Crippen LogP contribution >= 0.6 is 0 Å². The molecule has 0 spiro atoms. The van der Waals surface area contributed by atoms with E-state index >= 15 is 0 Å². The molecule has 1 N–H and O–H groups in total. The van der Waals surface area contributed by atoms with E-state index in [4.69, 9.17) is 4.42 Å². The smallest absolute Gasteiger partial charge is 0.135 e. The summed E-state index contributed by atoms with van der Waals surface area (Å²) in [6, 6.07) is 22.8. The fourth-order valence-corrected chi connectivity index (χ4v) is 2.31. The van der Waals surface area contributed by atoms with Crippen LogP contribution in [0.5, 0.6) is 0 Å². The van der Waals surface area contributed by atoms with Crippen molar-refractivity contribution in [2.24, 2.45) is 0 Å². The van der Waals surface area contributed by atoms with Crippen LogP contribution in [0.4, 0.5) is 5.69 Å². The van der Waals surface area contributed by atoms with E-state index in [1.165, 1.54) is 5.56 Å². The van der Waals surface area contributed by atoms with Gasteiger partial charge in [0.15, 0.2) is 0 Å². The molecule has 2 aromatic carbocycles. The molecular formula is C18H17NO. The van der Waals surface area contributed by atoms with Crippen molar-refractivity contribution in [3.8, 4) is 11.3 Å². The fourth-order valence-electron chi connectivity index (χ4n) is 2.31. The highest BCUT2D eigenvalue weighted by Gasteiger charge is 2.10. The van der Waals surface area contributed by atoms with Crippen LogP contribution in [-0.4, -0.2) is 0 Å². The van der Waals surface area contributed by atoms with Gasteiger partial charge in [-0.3, -0.25) is 0 Å². The van der Waals surface area contributed by atoms with Crippen LogP contribution in [0.1, 0.15) is 18.5 Å². The van der Waals surface area contributed by atoms with Crippen molar-refractivity contribution in [1.29, 1.82) is 0 Å². The van der Waals surface area contributed by atoms with Crippen LogP contribution in [0.15, 0.2) is 77.4 Å². The van der Waals surface area contributed by atoms with Crippen molar-refractivity contribution >= 4 is 5.69 Å². The number of anilines is 1. The molecule has 0 bridgehead atoms. The molecule has 20 heavy (non-hydrogen) atoms. The number of hydrogen-bond donors (Lipinski definition) is 1. The second kappa shape index (κ2) is 5.66. The van der Waals surface area contributed by atoms with Crippen molar-refractivity contribution in [1.82, 2.24) is 0 Å². The van der Waals surface area contributed by atoms with E-state index < -0.39 is 0 Å². The minimum Gasteiger partial charge on any atom is -0.464 e. The van der Waals surface area contributed by atoms with Gasteiger partial charge in [0.2, 0.25) is 0 Å². The largest absolute Gasteiger partial charge is 0.464 e. The zero-order chi connectivity index (χ0) is 13.8. The van der Waals surface area contributed by atoms with Crippen molar-refractivity contribution < 1.29 is 4.42 Å². The summed E-state index contributed by atoms with van der Waals surface area (Å²) in [6.07, 6.45) is 1.70. The zero-order valence-corrected chi connectivity index (χ0v) is 11.4. The van der Waals surface area contributed by atoms with Gasteiger partial charge in [0, 0.05) is 17.3 Å². The molecule has 3 aromatic rings. The predicted octanol–water partition coefficient (Wildman–Crippen LogP) is 5.12. The Morgan fingerprint density at radius 2 is 1.60 bits per heavy atom. The van der Waals surface area contributed by atoms with Crippen LogP contribution in [0.25, 0.3) is 11.3 Å². The third-order valence-corrected chi connectivity index (χ3v) is 3.39. The van der Waals surface area contributed by atoms with E-state index in [0.29, 0.717) is 0 Å². The minimum absolute atomic E-state index is 0.243. The highest BCUT2D eigenvalue weighted by Crippen LogP contribution is 2.30. The van der Waals surface area contributed by atoms with Crippen LogP contribution in [0.2, 0.25) is 0 Å². The molecule has 0 saturated heterocycles. The molecule has 0 fully saturated rings. The molecular weight excluding hydrogens is 246 g/mol. The number of rotatable bonds is 4. The Morgan fingerprint density at radius 3 is 2.35 bits per heavy atom. The molecule has 0 radical (unpaired) electrons. The average molecular weight is 263 g/mol. The Kier molecular flexibility index (Phi) is 3.55. The lowest BCUT2D eigenvalue weighted by Gasteiger charge is -2.17. The first-order chi connectivity index (χ1) is 9.84. The Balaban J connectivity index is 1.88. The van der Waals surface area contributed by atoms with Crippen LogP contribution in [-0.2, 0) is 0 Å². The topological polar surface area (TPSA) is 25.2 Å². The normalized spacial score (nSPS) is 12.1. The Labute approximate surface area is 119 Å². The van der Waals surface area contributed by atoms with Gasteiger partial charge >= 0.3 is 0 Å². The summed E-state index contributed by atoms with van der Waals surface area (Å²) in [4.78, 5) is 0. The molecule has 1 unspecified atom stereocenters. The van der Waals surface area contributed by atoms with Gasteiger partial charge in [-0.15, -0.1) is 0 Å². The van der Waals surface area contributed by atoms with E-state index in [-0.39, 0.29) is 6.04 Å². The molecule has 0 amide bonds. The van der Waals surface area contributed by atoms with Crippen molar-refractivity contribution in [3.05, 3.63) is 78.6 Å². The molecule has 3 rings (SSSR count). The second-order valence-electron chi connectivity index (χ2n) is 4.80. The van der Waals surface area contributed by atoms with Crippen molar-refractivity contribution in [3.63, 3.8) is 0 Å². The maximum atomic E-state index is 5.51. The Hall–Kier alpha value is -2.48. The summed E-state index contributed by atoms with van der Waals surface area (Å²) in [5, 5.41) is 3.56. The Bertz CT molecular complexity index is 659. The SMILES string of the molecule is CC(Nc1ccccc1-c1ccco1)c1ccccc1.